The zero-order chi connectivity index (χ0) is 18.2. The van der Waals surface area contributed by atoms with E-state index in [0.717, 1.165) is 30.5 Å². The van der Waals surface area contributed by atoms with Crippen LogP contribution < -0.4 is 4.74 Å². The van der Waals surface area contributed by atoms with Crippen molar-refractivity contribution in [2.75, 3.05) is 39.3 Å². The molecular weight excluding hydrogens is 314 g/mol. The quantitative estimate of drug-likeness (QED) is 0.700. The fourth-order valence-electron chi connectivity index (χ4n) is 2.90. The molecule has 0 unspecified atom stereocenters. The highest BCUT2D eigenvalue weighted by Crippen LogP contribution is 2.23. The molecule has 2 rings (SSSR count). The molecule has 0 atom stereocenters. The predicted octanol–water partition coefficient (Wildman–Crippen LogP) is 3.44. The highest BCUT2D eigenvalue weighted by atomic mass is 16.5. The summed E-state index contributed by atoms with van der Waals surface area (Å²) in [5.74, 6) is 0.540. The van der Waals surface area contributed by atoms with Gasteiger partial charge in [0.05, 0.1) is 11.1 Å². The van der Waals surface area contributed by atoms with Crippen molar-refractivity contribution in [1.29, 1.82) is 0 Å². The minimum absolute atomic E-state index is 0.0252. The molecule has 1 aromatic carbocycles. The van der Waals surface area contributed by atoms with Gasteiger partial charge in [-0.3, -0.25) is 4.79 Å². The number of likely N-dealkylation sites (N-methyl/N-ethyl adjacent to an activating group) is 1. The lowest BCUT2D eigenvalue weighted by molar-refractivity contribution is 0.0774. The normalized spacial score (nSPS) is 11.1. The number of benzene rings is 1. The predicted molar refractivity (Wildman–Crippen MR) is 102 cm³/mol. The van der Waals surface area contributed by atoms with Crippen molar-refractivity contribution >= 4 is 16.8 Å². The number of aromatic nitrogens is 1. The van der Waals surface area contributed by atoms with Gasteiger partial charge in [-0.05, 0) is 33.0 Å². The lowest BCUT2D eigenvalue weighted by atomic mass is 10.1. The van der Waals surface area contributed by atoms with Crippen molar-refractivity contribution in [3.05, 3.63) is 35.9 Å². The van der Waals surface area contributed by atoms with E-state index < -0.39 is 0 Å². The van der Waals surface area contributed by atoms with Gasteiger partial charge in [0.15, 0.2) is 0 Å². The molecule has 1 aromatic heterocycles. The Morgan fingerprint density at radius 3 is 2.36 bits per heavy atom. The third-order valence-electron chi connectivity index (χ3n) is 4.53. The molecule has 0 spiro atoms. The van der Waals surface area contributed by atoms with Crippen LogP contribution in [0, 0.1) is 0 Å². The van der Waals surface area contributed by atoms with E-state index in [1.807, 2.05) is 43.0 Å². The van der Waals surface area contributed by atoms with Gasteiger partial charge >= 0.3 is 0 Å². The van der Waals surface area contributed by atoms with Gasteiger partial charge in [0.25, 0.3) is 5.91 Å². The second-order valence-corrected chi connectivity index (χ2v) is 5.88. The zero-order valence-corrected chi connectivity index (χ0v) is 15.8. The lowest BCUT2D eigenvalue weighted by Gasteiger charge is -2.20. The molecule has 0 N–H and O–H groups in total. The molecule has 0 aliphatic carbocycles. The van der Waals surface area contributed by atoms with E-state index in [1.54, 1.807) is 6.07 Å². The number of pyridine rings is 1. The van der Waals surface area contributed by atoms with Crippen LogP contribution in [0.3, 0.4) is 0 Å². The van der Waals surface area contributed by atoms with Crippen LogP contribution in [0.1, 0.15) is 38.1 Å². The molecular formula is C20H29N3O2. The average molecular weight is 343 g/mol. The van der Waals surface area contributed by atoms with E-state index in [2.05, 4.69) is 23.7 Å². The Hall–Kier alpha value is -2.14. The Balaban J connectivity index is 2.29. The van der Waals surface area contributed by atoms with E-state index >= 15 is 0 Å². The summed E-state index contributed by atoms with van der Waals surface area (Å²) in [5.41, 5.74) is 1.45. The molecule has 25 heavy (non-hydrogen) atoms. The second-order valence-electron chi connectivity index (χ2n) is 5.88. The molecule has 1 heterocycles. The van der Waals surface area contributed by atoms with E-state index in [1.165, 1.54) is 0 Å². The molecule has 0 aliphatic rings. The topological polar surface area (TPSA) is 45.7 Å². The Kier molecular flexibility index (Phi) is 7.19. The second kappa shape index (κ2) is 9.37. The number of hydrogen-bond donors (Lipinski definition) is 0. The monoisotopic (exact) mass is 343 g/mol. The van der Waals surface area contributed by atoms with Gasteiger partial charge in [0.1, 0.15) is 6.61 Å². The first-order chi connectivity index (χ1) is 12.1. The summed E-state index contributed by atoms with van der Waals surface area (Å²) in [4.78, 5) is 21.6. The molecule has 5 heteroatoms. The fourth-order valence-corrected chi connectivity index (χ4v) is 2.90. The maximum Gasteiger partial charge on any atom is 0.254 e. The summed E-state index contributed by atoms with van der Waals surface area (Å²) in [7, 11) is 0. The summed E-state index contributed by atoms with van der Waals surface area (Å²) in [6, 6.07) is 9.51. The first kappa shape index (κ1) is 19.2. The lowest BCUT2D eigenvalue weighted by Crippen LogP contribution is -2.31. The van der Waals surface area contributed by atoms with Gasteiger partial charge in [0, 0.05) is 31.1 Å². The van der Waals surface area contributed by atoms with Gasteiger partial charge < -0.3 is 14.5 Å². The number of rotatable bonds is 9. The number of ether oxygens (including phenoxy) is 1. The number of para-hydroxylation sites is 1. The molecule has 5 nitrogen and oxygen atoms in total. The molecule has 0 saturated carbocycles. The number of fused-ring (bicyclic) bond motifs is 1. The van der Waals surface area contributed by atoms with E-state index in [-0.39, 0.29) is 5.91 Å². The summed E-state index contributed by atoms with van der Waals surface area (Å²) in [6.07, 6.45) is 0. The molecule has 2 aromatic rings. The van der Waals surface area contributed by atoms with Crippen LogP contribution in [0.2, 0.25) is 0 Å². The molecule has 0 fully saturated rings. The van der Waals surface area contributed by atoms with Crippen LogP contribution in [-0.2, 0) is 0 Å². The minimum atomic E-state index is 0.0252. The first-order valence-corrected chi connectivity index (χ1v) is 9.18. The maximum atomic E-state index is 12.9. The highest BCUT2D eigenvalue weighted by Gasteiger charge is 2.18. The highest BCUT2D eigenvalue weighted by molar-refractivity contribution is 6.06. The van der Waals surface area contributed by atoms with Gasteiger partial charge in [-0.25, -0.2) is 4.98 Å². The smallest absolute Gasteiger partial charge is 0.254 e. The molecule has 0 aliphatic heterocycles. The van der Waals surface area contributed by atoms with E-state index in [0.29, 0.717) is 31.1 Å². The van der Waals surface area contributed by atoms with Crippen molar-refractivity contribution in [2.24, 2.45) is 0 Å². The van der Waals surface area contributed by atoms with Crippen molar-refractivity contribution in [3.63, 3.8) is 0 Å². The van der Waals surface area contributed by atoms with Crippen LogP contribution in [0.25, 0.3) is 10.9 Å². The number of carbonyl (C=O) groups excluding carboxylic acids is 1. The van der Waals surface area contributed by atoms with Gasteiger partial charge in [-0.15, -0.1) is 0 Å². The van der Waals surface area contributed by atoms with Crippen molar-refractivity contribution in [2.45, 2.75) is 27.7 Å². The summed E-state index contributed by atoms with van der Waals surface area (Å²) in [6.45, 7) is 13.0. The van der Waals surface area contributed by atoms with E-state index in [4.69, 9.17) is 4.74 Å². The number of amides is 1. The van der Waals surface area contributed by atoms with Crippen LogP contribution in [0.15, 0.2) is 30.3 Å². The molecule has 1 amide bonds. The van der Waals surface area contributed by atoms with Crippen LogP contribution in [-0.4, -0.2) is 60.0 Å². The van der Waals surface area contributed by atoms with Gasteiger partial charge in [-0.1, -0.05) is 32.0 Å². The van der Waals surface area contributed by atoms with Crippen LogP contribution >= 0.6 is 0 Å². The maximum absolute atomic E-state index is 12.9. The Labute approximate surface area is 150 Å². The average Bonchev–Trinajstić information content (AvgIpc) is 2.65. The summed E-state index contributed by atoms with van der Waals surface area (Å²) >= 11 is 0. The van der Waals surface area contributed by atoms with Crippen molar-refractivity contribution in [1.82, 2.24) is 14.8 Å². The zero-order valence-electron chi connectivity index (χ0n) is 15.8. The third kappa shape index (κ3) is 4.69. The standard InChI is InChI=1S/C20H29N3O2/c1-5-22(6-2)13-14-25-19-15-17(20(24)23(7-3)8-4)16-11-9-10-12-18(16)21-19/h9-12,15H,5-8,13-14H2,1-4H3. The molecule has 0 saturated heterocycles. The van der Waals surface area contributed by atoms with Crippen LogP contribution in [0.4, 0.5) is 0 Å². The number of hydrogen-bond acceptors (Lipinski definition) is 4. The molecule has 0 radical (unpaired) electrons. The fraction of sp³-hybridized carbons (Fsp3) is 0.500. The Morgan fingerprint density at radius 1 is 1.04 bits per heavy atom. The van der Waals surface area contributed by atoms with Crippen LogP contribution in [0.5, 0.6) is 5.88 Å². The molecule has 0 bridgehead atoms. The summed E-state index contributed by atoms with van der Waals surface area (Å²) < 4.78 is 5.86. The van der Waals surface area contributed by atoms with Crippen molar-refractivity contribution in [3.8, 4) is 5.88 Å². The third-order valence-corrected chi connectivity index (χ3v) is 4.53. The number of carbonyl (C=O) groups is 1. The summed E-state index contributed by atoms with van der Waals surface area (Å²) in [5, 5.41) is 0.871. The first-order valence-electron chi connectivity index (χ1n) is 9.18. The van der Waals surface area contributed by atoms with Crippen molar-refractivity contribution < 1.29 is 9.53 Å². The Morgan fingerprint density at radius 2 is 1.72 bits per heavy atom. The van der Waals surface area contributed by atoms with E-state index in [9.17, 15) is 4.79 Å². The number of nitrogens with zero attached hydrogens (tertiary/aromatic N) is 3. The Bertz CT molecular complexity index is 694. The molecule has 136 valence electrons. The van der Waals surface area contributed by atoms with Gasteiger partial charge in [0.2, 0.25) is 5.88 Å². The SMILES string of the molecule is CCN(CC)CCOc1cc(C(=O)N(CC)CC)c2ccccc2n1. The minimum Gasteiger partial charge on any atom is -0.476 e. The van der Waals surface area contributed by atoms with Gasteiger partial charge in [-0.2, -0.15) is 0 Å². The largest absolute Gasteiger partial charge is 0.476 e.